The van der Waals surface area contributed by atoms with Gasteiger partial charge in [0.1, 0.15) is 10.2 Å². The molecule has 0 spiro atoms. The number of rotatable bonds is 1. The van der Waals surface area contributed by atoms with Gasteiger partial charge in [0.15, 0.2) is 5.82 Å². The Balaban J connectivity index is 2.53. The summed E-state index contributed by atoms with van der Waals surface area (Å²) >= 11 is 1.69. The van der Waals surface area contributed by atoms with Gasteiger partial charge in [-0.15, -0.1) is 21.5 Å². The van der Waals surface area contributed by atoms with Gasteiger partial charge in [-0.05, 0) is 11.3 Å². The normalized spacial score (nSPS) is 11.0. The predicted octanol–water partition coefficient (Wildman–Crippen LogP) is 2.28. The number of aromatic nitrogens is 3. The van der Waals surface area contributed by atoms with Gasteiger partial charge < -0.3 is 5.32 Å². The Kier molecular flexibility index (Phi) is 1.78. The van der Waals surface area contributed by atoms with Gasteiger partial charge in [0.2, 0.25) is 0 Å². The topological polar surface area (TPSA) is 50.7 Å². The zero-order valence-corrected chi connectivity index (χ0v) is 8.88. The Hall–Kier alpha value is -1.75. The van der Waals surface area contributed by atoms with Gasteiger partial charge in [-0.1, -0.05) is 18.2 Å². The summed E-state index contributed by atoms with van der Waals surface area (Å²) in [6.45, 7) is 0. The van der Waals surface area contributed by atoms with E-state index in [1.54, 1.807) is 11.3 Å². The molecule has 2 aromatic heterocycles. The van der Waals surface area contributed by atoms with Gasteiger partial charge >= 0.3 is 0 Å². The van der Waals surface area contributed by atoms with Crippen molar-refractivity contribution < 1.29 is 0 Å². The Morgan fingerprint density at radius 1 is 1.20 bits per heavy atom. The first-order chi connectivity index (χ1) is 7.40. The largest absolute Gasteiger partial charge is 0.370 e. The van der Waals surface area contributed by atoms with Gasteiger partial charge in [-0.2, -0.15) is 0 Å². The van der Waals surface area contributed by atoms with Crippen LogP contribution in [0.5, 0.6) is 0 Å². The number of fused-ring (bicyclic) bond motifs is 3. The highest BCUT2D eigenvalue weighted by Crippen LogP contribution is 2.34. The van der Waals surface area contributed by atoms with E-state index in [2.05, 4.69) is 32.9 Å². The molecule has 0 atom stereocenters. The minimum Gasteiger partial charge on any atom is -0.370 e. The third-order valence-corrected chi connectivity index (χ3v) is 3.48. The van der Waals surface area contributed by atoms with Crippen LogP contribution in [0.3, 0.4) is 0 Å². The Morgan fingerprint density at radius 3 is 2.93 bits per heavy atom. The van der Waals surface area contributed by atoms with Crippen molar-refractivity contribution in [3.8, 4) is 0 Å². The summed E-state index contributed by atoms with van der Waals surface area (Å²) in [7, 11) is 1.84. The van der Waals surface area contributed by atoms with Crippen molar-refractivity contribution in [1.82, 2.24) is 15.4 Å². The minimum atomic E-state index is 0.793. The summed E-state index contributed by atoms with van der Waals surface area (Å²) in [5, 5.41) is 16.0. The van der Waals surface area contributed by atoms with Crippen LogP contribution in [0.4, 0.5) is 5.82 Å². The summed E-state index contributed by atoms with van der Waals surface area (Å²) in [4.78, 5) is 0. The van der Waals surface area contributed by atoms with E-state index in [-0.39, 0.29) is 0 Å². The maximum Gasteiger partial charge on any atom is 0.169 e. The fourth-order valence-corrected chi connectivity index (χ4v) is 2.74. The number of benzene rings is 1. The van der Waals surface area contributed by atoms with Crippen molar-refractivity contribution in [2.24, 2.45) is 0 Å². The van der Waals surface area contributed by atoms with Gasteiger partial charge in [-0.25, -0.2) is 0 Å². The van der Waals surface area contributed by atoms with E-state index in [4.69, 9.17) is 0 Å². The van der Waals surface area contributed by atoms with Crippen LogP contribution in [0.15, 0.2) is 24.3 Å². The highest BCUT2D eigenvalue weighted by Gasteiger charge is 2.10. The SMILES string of the molecule is CNc1nnnc2c1sc1ccccc12. The number of hydrogen-bond acceptors (Lipinski definition) is 5. The highest BCUT2D eigenvalue weighted by molar-refractivity contribution is 7.26. The molecule has 0 saturated carbocycles. The monoisotopic (exact) mass is 216 g/mol. The van der Waals surface area contributed by atoms with Gasteiger partial charge in [0.05, 0.1) is 0 Å². The van der Waals surface area contributed by atoms with Gasteiger partial charge in [0.25, 0.3) is 0 Å². The molecule has 0 aliphatic rings. The van der Waals surface area contributed by atoms with E-state index < -0.39 is 0 Å². The van der Waals surface area contributed by atoms with Crippen molar-refractivity contribution in [3.63, 3.8) is 0 Å². The lowest BCUT2D eigenvalue weighted by molar-refractivity contribution is 0.902. The number of nitrogens with zero attached hydrogens (tertiary/aromatic N) is 3. The predicted molar refractivity (Wildman–Crippen MR) is 62.3 cm³/mol. The first-order valence-electron chi connectivity index (χ1n) is 4.58. The second-order valence-corrected chi connectivity index (χ2v) is 4.22. The quantitative estimate of drug-likeness (QED) is 0.678. The van der Waals surface area contributed by atoms with Crippen LogP contribution in [0.1, 0.15) is 0 Å². The second kappa shape index (κ2) is 3.13. The summed E-state index contributed by atoms with van der Waals surface area (Å²) < 4.78 is 2.28. The van der Waals surface area contributed by atoms with Crippen LogP contribution < -0.4 is 5.32 Å². The maximum atomic E-state index is 4.09. The van der Waals surface area contributed by atoms with E-state index in [9.17, 15) is 0 Å². The molecule has 0 radical (unpaired) electrons. The Morgan fingerprint density at radius 2 is 2.07 bits per heavy atom. The van der Waals surface area contributed by atoms with E-state index in [1.807, 2.05) is 19.2 Å². The summed E-state index contributed by atoms with van der Waals surface area (Å²) in [6.07, 6.45) is 0. The third kappa shape index (κ3) is 1.16. The number of hydrogen-bond donors (Lipinski definition) is 1. The molecule has 0 aliphatic heterocycles. The molecule has 4 nitrogen and oxygen atoms in total. The molecular weight excluding hydrogens is 208 g/mol. The average Bonchev–Trinajstić information content (AvgIpc) is 2.67. The fraction of sp³-hybridized carbons (Fsp3) is 0.100. The molecule has 5 heteroatoms. The molecule has 0 aliphatic carbocycles. The molecule has 0 unspecified atom stereocenters. The van der Waals surface area contributed by atoms with Crippen LogP contribution in [-0.2, 0) is 0 Å². The molecule has 15 heavy (non-hydrogen) atoms. The Bertz CT molecular complexity index is 631. The summed E-state index contributed by atoms with van der Waals surface area (Å²) in [6, 6.07) is 8.18. The smallest absolute Gasteiger partial charge is 0.169 e. The molecule has 2 heterocycles. The number of anilines is 1. The fourth-order valence-electron chi connectivity index (χ4n) is 1.61. The number of thiophene rings is 1. The summed E-state index contributed by atoms with van der Waals surface area (Å²) in [5.41, 5.74) is 0.926. The molecular formula is C10H8N4S. The molecule has 0 amide bonds. The first-order valence-corrected chi connectivity index (χ1v) is 5.40. The minimum absolute atomic E-state index is 0.793. The van der Waals surface area contributed by atoms with E-state index >= 15 is 0 Å². The van der Waals surface area contributed by atoms with Crippen molar-refractivity contribution >= 4 is 37.5 Å². The van der Waals surface area contributed by atoms with Crippen LogP contribution in [0, 0.1) is 0 Å². The standard InChI is InChI=1S/C10H8N4S/c1-11-10-9-8(12-14-13-10)6-4-2-3-5-7(6)15-9/h2-5H,1H3,(H,11,12,13). The zero-order valence-electron chi connectivity index (χ0n) is 8.06. The maximum absolute atomic E-state index is 4.09. The van der Waals surface area contributed by atoms with Crippen molar-refractivity contribution in [1.29, 1.82) is 0 Å². The third-order valence-electron chi connectivity index (χ3n) is 2.31. The van der Waals surface area contributed by atoms with Crippen LogP contribution in [-0.4, -0.2) is 22.5 Å². The molecule has 3 rings (SSSR count). The molecule has 1 aromatic carbocycles. The molecule has 0 saturated heterocycles. The lowest BCUT2D eigenvalue weighted by Crippen LogP contribution is -1.95. The average molecular weight is 216 g/mol. The van der Waals surface area contributed by atoms with Crippen molar-refractivity contribution in [2.45, 2.75) is 0 Å². The molecule has 1 N–H and O–H groups in total. The van der Waals surface area contributed by atoms with E-state index in [1.165, 1.54) is 4.70 Å². The highest BCUT2D eigenvalue weighted by atomic mass is 32.1. The second-order valence-electron chi connectivity index (χ2n) is 3.16. The zero-order chi connectivity index (χ0) is 10.3. The van der Waals surface area contributed by atoms with Crippen LogP contribution >= 0.6 is 11.3 Å². The van der Waals surface area contributed by atoms with E-state index in [0.717, 1.165) is 21.4 Å². The summed E-state index contributed by atoms with van der Waals surface area (Å²) in [5.74, 6) is 0.793. The first kappa shape index (κ1) is 8.55. The van der Waals surface area contributed by atoms with E-state index in [0.29, 0.717) is 0 Å². The molecule has 3 aromatic rings. The van der Waals surface area contributed by atoms with Crippen LogP contribution in [0.25, 0.3) is 20.3 Å². The van der Waals surface area contributed by atoms with Crippen molar-refractivity contribution in [2.75, 3.05) is 12.4 Å². The molecule has 74 valence electrons. The molecule has 0 bridgehead atoms. The Labute approximate surface area is 89.9 Å². The van der Waals surface area contributed by atoms with Crippen LogP contribution in [0.2, 0.25) is 0 Å². The number of nitrogens with one attached hydrogen (secondary N) is 1. The van der Waals surface area contributed by atoms with Crippen molar-refractivity contribution in [3.05, 3.63) is 24.3 Å². The van der Waals surface area contributed by atoms with Gasteiger partial charge in [0, 0.05) is 17.1 Å². The van der Waals surface area contributed by atoms with Gasteiger partial charge in [-0.3, -0.25) is 0 Å². The lowest BCUT2D eigenvalue weighted by Gasteiger charge is -1.96. The lowest BCUT2D eigenvalue weighted by atomic mass is 10.2. The molecule has 0 fully saturated rings.